The number of hydrogen-bond donors (Lipinski definition) is 1. The van der Waals surface area contributed by atoms with Crippen molar-refractivity contribution >= 4 is 33.3 Å². The predicted octanol–water partition coefficient (Wildman–Crippen LogP) is 2.95. The zero-order valence-electron chi connectivity index (χ0n) is 14.4. The van der Waals surface area contributed by atoms with Crippen LogP contribution in [0.4, 0.5) is 5.69 Å². The summed E-state index contributed by atoms with van der Waals surface area (Å²) in [6.45, 7) is 0.916. The van der Waals surface area contributed by atoms with Crippen molar-refractivity contribution in [2.24, 2.45) is 0 Å². The van der Waals surface area contributed by atoms with E-state index >= 15 is 0 Å². The number of carbonyl (C=O) groups is 1. The first-order valence-electron chi connectivity index (χ1n) is 7.43. The second kappa shape index (κ2) is 7.84. The van der Waals surface area contributed by atoms with Crippen LogP contribution in [0.5, 0.6) is 11.5 Å². The number of rotatable bonds is 7. The van der Waals surface area contributed by atoms with Crippen LogP contribution >= 0.6 is 11.6 Å². The fourth-order valence-electron chi connectivity index (χ4n) is 2.43. The minimum absolute atomic E-state index is 0.120. The molecule has 0 aliphatic carbocycles. The summed E-state index contributed by atoms with van der Waals surface area (Å²) in [4.78, 5) is 11.2. The molecule has 9 heteroatoms. The van der Waals surface area contributed by atoms with Gasteiger partial charge in [0.05, 0.1) is 24.8 Å². The van der Waals surface area contributed by atoms with E-state index in [1.54, 1.807) is 13.0 Å². The van der Waals surface area contributed by atoms with E-state index in [0.717, 1.165) is 4.31 Å². The molecule has 0 radical (unpaired) electrons. The highest BCUT2D eigenvalue weighted by atomic mass is 35.5. The molecule has 140 valence electrons. The summed E-state index contributed by atoms with van der Waals surface area (Å²) in [6, 6.07) is 8.60. The molecule has 0 saturated carbocycles. The van der Waals surface area contributed by atoms with E-state index in [1.807, 2.05) is 0 Å². The van der Waals surface area contributed by atoms with Crippen molar-refractivity contribution in [3.63, 3.8) is 0 Å². The van der Waals surface area contributed by atoms with Gasteiger partial charge in [-0.3, -0.25) is 9.10 Å². The average Bonchev–Trinajstić information content (AvgIpc) is 2.59. The van der Waals surface area contributed by atoms with Gasteiger partial charge in [0.15, 0.2) is 11.5 Å². The topological polar surface area (TPSA) is 93.1 Å². The molecule has 7 nitrogen and oxygen atoms in total. The lowest BCUT2D eigenvalue weighted by Gasteiger charge is -2.25. The van der Waals surface area contributed by atoms with Crippen molar-refractivity contribution in [3.05, 3.63) is 47.0 Å². The van der Waals surface area contributed by atoms with Crippen LogP contribution in [0, 0.1) is 6.92 Å². The number of carboxylic acid groups (broad SMARTS) is 1. The summed E-state index contributed by atoms with van der Waals surface area (Å²) in [5.41, 5.74) is 0.759. The van der Waals surface area contributed by atoms with Gasteiger partial charge < -0.3 is 14.6 Å². The quantitative estimate of drug-likeness (QED) is 0.769. The largest absolute Gasteiger partial charge is 0.493 e. The molecule has 2 aromatic carbocycles. The van der Waals surface area contributed by atoms with Crippen LogP contribution in [0.1, 0.15) is 5.56 Å². The number of hydrogen-bond acceptors (Lipinski definition) is 5. The third-order valence-corrected chi connectivity index (χ3v) is 5.64. The first kappa shape index (κ1) is 19.9. The Kier molecular flexibility index (Phi) is 5.99. The molecule has 0 unspecified atom stereocenters. The number of anilines is 1. The highest BCUT2D eigenvalue weighted by Gasteiger charge is 2.29. The number of nitrogens with zero attached hydrogens (tertiary/aromatic N) is 1. The Bertz CT molecular complexity index is 929. The minimum Gasteiger partial charge on any atom is -0.493 e. The van der Waals surface area contributed by atoms with Gasteiger partial charge in [-0.15, -0.1) is 0 Å². The van der Waals surface area contributed by atoms with Crippen molar-refractivity contribution in [1.82, 2.24) is 0 Å². The van der Waals surface area contributed by atoms with Crippen LogP contribution in [0.15, 0.2) is 41.3 Å². The molecular formula is C17H18ClNO6S. The number of benzene rings is 2. The molecule has 0 aliphatic heterocycles. The summed E-state index contributed by atoms with van der Waals surface area (Å²) in [5, 5.41) is 9.63. The number of halogens is 1. The van der Waals surface area contributed by atoms with Gasteiger partial charge in [-0.1, -0.05) is 11.6 Å². The average molecular weight is 400 g/mol. The molecule has 2 aromatic rings. The number of ether oxygens (including phenoxy) is 2. The van der Waals surface area contributed by atoms with Gasteiger partial charge in [0, 0.05) is 11.1 Å². The Morgan fingerprint density at radius 3 is 2.31 bits per heavy atom. The van der Waals surface area contributed by atoms with E-state index in [1.165, 1.54) is 44.6 Å². The van der Waals surface area contributed by atoms with E-state index in [0.29, 0.717) is 16.3 Å². The lowest BCUT2D eigenvalue weighted by molar-refractivity contribution is -0.135. The van der Waals surface area contributed by atoms with Crippen molar-refractivity contribution in [2.75, 3.05) is 25.1 Å². The molecular weight excluding hydrogens is 382 g/mol. The van der Waals surface area contributed by atoms with Crippen molar-refractivity contribution in [2.45, 2.75) is 11.8 Å². The number of methoxy groups -OCH3 is 2. The van der Waals surface area contributed by atoms with E-state index in [2.05, 4.69) is 0 Å². The smallest absolute Gasteiger partial charge is 0.324 e. The Labute approximate surface area is 156 Å². The van der Waals surface area contributed by atoms with Gasteiger partial charge in [-0.05, 0) is 42.8 Å². The van der Waals surface area contributed by atoms with Crippen molar-refractivity contribution < 1.29 is 27.8 Å². The van der Waals surface area contributed by atoms with Crippen molar-refractivity contribution in [3.8, 4) is 11.5 Å². The van der Waals surface area contributed by atoms with Crippen LogP contribution in [0.3, 0.4) is 0 Å². The molecule has 0 bridgehead atoms. The number of sulfonamides is 1. The highest BCUT2D eigenvalue weighted by molar-refractivity contribution is 7.92. The van der Waals surface area contributed by atoms with Gasteiger partial charge >= 0.3 is 5.97 Å². The molecule has 0 fully saturated rings. The summed E-state index contributed by atoms with van der Waals surface area (Å²) < 4.78 is 37.3. The molecule has 0 aliphatic rings. The summed E-state index contributed by atoms with van der Waals surface area (Å²) in [6.07, 6.45) is 0. The molecule has 1 N–H and O–H groups in total. The molecule has 0 heterocycles. The fraction of sp³-hybridized carbons (Fsp3) is 0.235. The fourth-order valence-corrected chi connectivity index (χ4v) is 4.15. The number of carboxylic acids is 1. The molecule has 2 rings (SSSR count). The normalized spacial score (nSPS) is 11.1. The third kappa shape index (κ3) is 4.03. The molecule has 0 saturated heterocycles. The Balaban J connectivity index is 2.61. The highest BCUT2D eigenvalue weighted by Crippen LogP contribution is 2.33. The van der Waals surface area contributed by atoms with Gasteiger partial charge in [0.1, 0.15) is 6.54 Å². The van der Waals surface area contributed by atoms with E-state index < -0.39 is 22.5 Å². The maximum atomic E-state index is 13.1. The summed E-state index contributed by atoms with van der Waals surface area (Å²) in [7, 11) is -1.36. The van der Waals surface area contributed by atoms with Crippen LogP contribution in [-0.4, -0.2) is 40.3 Å². The lowest BCUT2D eigenvalue weighted by Crippen LogP contribution is -2.36. The van der Waals surface area contributed by atoms with E-state index in [9.17, 15) is 18.3 Å². The number of aliphatic carboxylic acids is 1. The van der Waals surface area contributed by atoms with Gasteiger partial charge in [-0.2, -0.15) is 0 Å². The first-order chi connectivity index (χ1) is 12.2. The molecule has 0 atom stereocenters. The Morgan fingerprint density at radius 2 is 1.77 bits per heavy atom. The van der Waals surface area contributed by atoms with Crippen LogP contribution in [-0.2, 0) is 14.8 Å². The molecule has 0 aromatic heterocycles. The lowest BCUT2D eigenvalue weighted by atomic mass is 10.2. The third-order valence-electron chi connectivity index (χ3n) is 3.65. The Morgan fingerprint density at radius 1 is 1.12 bits per heavy atom. The van der Waals surface area contributed by atoms with Crippen molar-refractivity contribution in [1.29, 1.82) is 0 Å². The van der Waals surface area contributed by atoms with Gasteiger partial charge in [-0.25, -0.2) is 8.42 Å². The number of aryl methyl sites for hydroxylation is 1. The first-order valence-corrected chi connectivity index (χ1v) is 9.25. The molecule has 0 spiro atoms. The van der Waals surface area contributed by atoms with Crippen LogP contribution in [0.2, 0.25) is 5.02 Å². The standard InChI is InChI=1S/C17H18ClNO6S/c1-11-8-12(18)4-6-14(11)19(10-17(20)21)26(22,23)13-5-7-15(24-2)16(9-13)25-3/h4-9H,10H2,1-3H3,(H,20,21). The van der Waals surface area contributed by atoms with Gasteiger partial charge in [0.2, 0.25) is 0 Å². The second-order valence-corrected chi connectivity index (χ2v) is 7.65. The van der Waals surface area contributed by atoms with E-state index in [-0.39, 0.29) is 16.3 Å². The van der Waals surface area contributed by atoms with Crippen LogP contribution < -0.4 is 13.8 Å². The predicted molar refractivity (Wildman–Crippen MR) is 97.9 cm³/mol. The second-order valence-electron chi connectivity index (χ2n) is 5.35. The van der Waals surface area contributed by atoms with Crippen LogP contribution in [0.25, 0.3) is 0 Å². The SMILES string of the molecule is COc1ccc(S(=O)(=O)N(CC(=O)O)c2ccc(Cl)cc2C)cc1OC. The summed E-state index contributed by atoms with van der Waals surface area (Å²) >= 11 is 5.92. The zero-order valence-corrected chi connectivity index (χ0v) is 16.0. The maximum Gasteiger partial charge on any atom is 0.324 e. The Hall–Kier alpha value is -2.45. The summed E-state index contributed by atoms with van der Waals surface area (Å²) in [5.74, 6) is -0.709. The monoisotopic (exact) mass is 399 g/mol. The molecule has 0 amide bonds. The maximum absolute atomic E-state index is 13.1. The minimum atomic E-state index is -4.17. The van der Waals surface area contributed by atoms with E-state index in [4.69, 9.17) is 21.1 Å². The molecule has 26 heavy (non-hydrogen) atoms. The van der Waals surface area contributed by atoms with Gasteiger partial charge in [0.25, 0.3) is 10.0 Å². The zero-order chi connectivity index (χ0) is 19.5.